The number of benzene rings is 1. The number of rotatable bonds is 5. The van der Waals surface area contributed by atoms with E-state index >= 15 is 0 Å². The van der Waals surface area contributed by atoms with Gasteiger partial charge in [0.05, 0.1) is 4.90 Å². The van der Waals surface area contributed by atoms with Crippen LogP contribution in [0.2, 0.25) is 0 Å². The molecule has 3 fully saturated rings. The SMILES string of the molecule is Cc1ccc(F)cc1S(=O)(=O)N1CC(CNC(=O)C2CC2)C2(CCCCC2)C1. The van der Waals surface area contributed by atoms with Crippen molar-refractivity contribution in [1.29, 1.82) is 0 Å². The second kappa shape index (κ2) is 7.41. The highest BCUT2D eigenvalue weighted by Gasteiger charge is 2.50. The number of carbonyl (C=O) groups excluding carboxylic acids is 1. The molecule has 1 unspecified atom stereocenters. The summed E-state index contributed by atoms with van der Waals surface area (Å²) in [6.45, 7) is 3.09. The van der Waals surface area contributed by atoms with Crippen LogP contribution in [0.25, 0.3) is 0 Å². The van der Waals surface area contributed by atoms with Gasteiger partial charge in [-0.3, -0.25) is 4.79 Å². The molecule has 2 saturated carbocycles. The summed E-state index contributed by atoms with van der Waals surface area (Å²) in [5, 5.41) is 3.07. The number of nitrogens with zero attached hydrogens (tertiary/aromatic N) is 1. The Morgan fingerprint density at radius 1 is 1.25 bits per heavy atom. The number of sulfonamides is 1. The predicted octanol–water partition coefficient (Wildman–Crippen LogP) is 3.23. The van der Waals surface area contributed by atoms with E-state index in [1.54, 1.807) is 6.92 Å². The third kappa shape index (κ3) is 3.71. The van der Waals surface area contributed by atoms with Crippen molar-refractivity contribution in [2.45, 2.75) is 56.8 Å². The Kier molecular flexibility index (Phi) is 5.25. The van der Waals surface area contributed by atoms with E-state index in [1.165, 1.54) is 22.9 Å². The molecule has 2 aliphatic carbocycles. The monoisotopic (exact) mass is 408 g/mol. The van der Waals surface area contributed by atoms with Gasteiger partial charge in [0.2, 0.25) is 15.9 Å². The van der Waals surface area contributed by atoms with Gasteiger partial charge in [-0.2, -0.15) is 4.31 Å². The van der Waals surface area contributed by atoms with Crippen molar-refractivity contribution in [3.05, 3.63) is 29.6 Å². The third-order valence-electron chi connectivity index (χ3n) is 6.87. The molecule has 0 radical (unpaired) electrons. The first kappa shape index (κ1) is 19.8. The molecule has 3 aliphatic rings. The van der Waals surface area contributed by atoms with E-state index in [9.17, 15) is 17.6 Å². The number of nitrogens with one attached hydrogen (secondary N) is 1. The number of halogens is 1. The Morgan fingerprint density at radius 3 is 2.64 bits per heavy atom. The minimum absolute atomic E-state index is 0.0566. The normalized spacial score (nSPS) is 25.1. The summed E-state index contributed by atoms with van der Waals surface area (Å²) >= 11 is 0. The van der Waals surface area contributed by atoms with Crippen LogP contribution in [0.3, 0.4) is 0 Å². The molecule has 7 heteroatoms. The second-order valence-electron chi connectivity index (χ2n) is 8.85. The van der Waals surface area contributed by atoms with Gasteiger partial charge in [-0.05, 0) is 61.6 Å². The maximum Gasteiger partial charge on any atom is 0.243 e. The summed E-state index contributed by atoms with van der Waals surface area (Å²) in [5.41, 5.74) is 0.480. The van der Waals surface area contributed by atoms with Crippen LogP contribution in [0.4, 0.5) is 4.39 Å². The molecule has 5 nitrogen and oxygen atoms in total. The molecule has 1 atom stereocenters. The molecule has 1 saturated heterocycles. The Hall–Kier alpha value is -1.47. The molecule has 0 aromatic heterocycles. The Bertz CT molecular complexity index is 860. The number of hydrogen-bond donors (Lipinski definition) is 1. The average molecular weight is 409 g/mol. The molecule has 1 heterocycles. The zero-order chi connectivity index (χ0) is 19.9. The minimum Gasteiger partial charge on any atom is -0.356 e. The lowest BCUT2D eigenvalue weighted by Gasteiger charge is -2.38. The van der Waals surface area contributed by atoms with Crippen LogP contribution in [0.5, 0.6) is 0 Å². The van der Waals surface area contributed by atoms with E-state index in [0.717, 1.165) is 44.6 Å². The molecular formula is C21H29FN2O3S. The fraction of sp³-hybridized carbons (Fsp3) is 0.667. The molecular weight excluding hydrogens is 379 g/mol. The molecule has 1 aromatic carbocycles. The van der Waals surface area contributed by atoms with Crippen molar-refractivity contribution in [3.63, 3.8) is 0 Å². The van der Waals surface area contributed by atoms with Gasteiger partial charge in [0, 0.05) is 25.6 Å². The fourth-order valence-corrected chi connectivity index (χ4v) is 6.79. The van der Waals surface area contributed by atoms with E-state index in [0.29, 0.717) is 25.2 Å². The second-order valence-corrected chi connectivity index (χ2v) is 10.8. The van der Waals surface area contributed by atoms with Gasteiger partial charge < -0.3 is 5.32 Å². The quantitative estimate of drug-likeness (QED) is 0.813. The Balaban J connectivity index is 1.58. The van der Waals surface area contributed by atoms with Crippen LogP contribution >= 0.6 is 0 Å². The molecule has 1 spiro atoms. The lowest BCUT2D eigenvalue weighted by molar-refractivity contribution is -0.122. The summed E-state index contributed by atoms with van der Waals surface area (Å²) in [6, 6.07) is 3.93. The summed E-state index contributed by atoms with van der Waals surface area (Å²) in [5.74, 6) is -0.171. The molecule has 1 aliphatic heterocycles. The number of amides is 1. The number of hydrogen-bond acceptors (Lipinski definition) is 3. The van der Waals surface area contributed by atoms with Gasteiger partial charge in [0.15, 0.2) is 0 Å². The first-order valence-corrected chi connectivity index (χ1v) is 11.8. The van der Waals surface area contributed by atoms with Crippen molar-refractivity contribution in [3.8, 4) is 0 Å². The molecule has 1 aromatic rings. The average Bonchev–Trinajstić information content (AvgIpc) is 3.46. The maximum atomic E-state index is 13.7. The molecule has 1 N–H and O–H groups in total. The van der Waals surface area contributed by atoms with E-state index in [2.05, 4.69) is 5.32 Å². The van der Waals surface area contributed by atoms with Gasteiger partial charge >= 0.3 is 0 Å². The maximum absolute atomic E-state index is 13.7. The fourth-order valence-electron chi connectivity index (χ4n) is 4.98. The van der Waals surface area contributed by atoms with Gasteiger partial charge in [0.1, 0.15) is 5.82 Å². The molecule has 1 amide bonds. The standard InChI is InChI=1S/C21H29FN2O3S/c1-15-5-8-18(22)11-19(15)28(26,27)24-13-17(12-23-20(25)16-6-7-16)21(14-24)9-3-2-4-10-21/h5,8,11,16-17H,2-4,6-7,9-10,12-14H2,1H3,(H,23,25). The number of aryl methyl sites for hydroxylation is 1. The van der Waals surface area contributed by atoms with Crippen molar-refractivity contribution in [2.75, 3.05) is 19.6 Å². The van der Waals surface area contributed by atoms with Crippen molar-refractivity contribution in [2.24, 2.45) is 17.3 Å². The highest BCUT2D eigenvalue weighted by Crippen LogP contribution is 2.48. The zero-order valence-electron chi connectivity index (χ0n) is 16.4. The Morgan fingerprint density at radius 2 is 1.96 bits per heavy atom. The lowest BCUT2D eigenvalue weighted by Crippen LogP contribution is -2.40. The van der Waals surface area contributed by atoms with Crippen molar-refractivity contribution >= 4 is 15.9 Å². The predicted molar refractivity (Wildman–Crippen MR) is 105 cm³/mol. The van der Waals surface area contributed by atoms with Gasteiger partial charge in [0.25, 0.3) is 0 Å². The van der Waals surface area contributed by atoms with E-state index in [1.807, 2.05) is 0 Å². The smallest absolute Gasteiger partial charge is 0.243 e. The Labute approximate surface area is 166 Å². The van der Waals surface area contributed by atoms with Gasteiger partial charge in [-0.25, -0.2) is 12.8 Å². The highest BCUT2D eigenvalue weighted by molar-refractivity contribution is 7.89. The summed E-state index contributed by atoms with van der Waals surface area (Å²) in [6.07, 6.45) is 7.27. The van der Waals surface area contributed by atoms with E-state index in [-0.39, 0.29) is 28.1 Å². The van der Waals surface area contributed by atoms with Gasteiger partial charge in [-0.1, -0.05) is 25.3 Å². The van der Waals surface area contributed by atoms with Crippen LogP contribution in [-0.2, 0) is 14.8 Å². The van der Waals surface area contributed by atoms with Crippen LogP contribution in [0, 0.1) is 30.0 Å². The molecule has 28 heavy (non-hydrogen) atoms. The van der Waals surface area contributed by atoms with Crippen LogP contribution in [-0.4, -0.2) is 38.3 Å². The van der Waals surface area contributed by atoms with E-state index < -0.39 is 15.8 Å². The molecule has 4 rings (SSSR count). The van der Waals surface area contributed by atoms with Crippen molar-refractivity contribution < 1.29 is 17.6 Å². The first-order valence-electron chi connectivity index (χ1n) is 10.4. The summed E-state index contributed by atoms with van der Waals surface area (Å²) in [4.78, 5) is 12.2. The number of carbonyl (C=O) groups is 1. The zero-order valence-corrected chi connectivity index (χ0v) is 17.2. The summed E-state index contributed by atoms with van der Waals surface area (Å²) in [7, 11) is -3.76. The van der Waals surface area contributed by atoms with Gasteiger partial charge in [-0.15, -0.1) is 0 Å². The topological polar surface area (TPSA) is 66.5 Å². The summed E-state index contributed by atoms with van der Waals surface area (Å²) < 4.78 is 41.9. The largest absolute Gasteiger partial charge is 0.356 e. The minimum atomic E-state index is -3.76. The van der Waals surface area contributed by atoms with Crippen LogP contribution in [0.1, 0.15) is 50.5 Å². The third-order valence-corrected chi connectivity index (χ3v) is 8.82. The van der Waals surface area contributed by atoms with Crippen LogP contribution in [0.15, 0.2) is 23.1 Å². The lowest BCUT2D eigenvalue weighted by atomic mass is 9.68. The van der Waals surface area contributed by atoms with E-state index in [4.69, 9.17) is 0 Å². The first-order chi connectivity index (χ1) is 13.3. The molecule has 0 bridgehead atoms. The highest BCUT2D eigenvalue weighted by atomic mass is 32.2. The van der Waals surface area contributed by atoms with Crippen LogP contribution < -0.4 is 5.32 Å². The van der Waals surface area contributed by atoms with Crippen molar-refractivity contribution in [1.82, 2.24) is 9.62 Å². The molecule has 154 valence electrons.